The van der Waals surface area contributed by atoms with Gasteiger partial charge in [-0.3, -0.25) is 4.99 Å². The summed E-state index contributed by atoms with van der Waals surface area (Å²) in [6, 6.07) is 10.3. The summed E-state index contributed by atoms with van der Waals surface area (Å²) < 4.78 is 5.22. The monoisotopic (exact) mass is 459 g/mol. The van der Waals surface area contributed by atoms with Gasteiger partial charge in [0, 0.05) is 25.6 Å². The highest BCUT2D eigenvalue weighted by atomic mass is 127. The molecule has 0 radical (unpaired) electrons. The van der Waals surface area contributed by atoms with Crippen molar-refractivity contribution in [2.75, 3.05) is 20.7 Å². The Bertz CT molecular complexity index is 624. The van der Waals surface area contributed by atoms with Gasteiger partial charge >= 0.3 is 0 Å². The number of nitrogens with zero attached hydrogens (tertiary/aromatic N) is 1. The van der Waals surface area contributed by atoms with E-state index in [2.05, 4.69) is 58.4 Å². The fourth-order valence-corrected chi connectivity index (χ4v) is 2.92. The summed E-state index contributed by atoms with van der Waals surface area (Å²) in [7, 11) is 3.48. The first-order chi connectivity index (χ1) is 11.0. The van der Waals surface area contributed by atoms with E-state index in [4.69, 9.17) is 4.74 Å². The summed E-state index contributed by atoms with van der Waals surface area (Å²) in [6.45, 7) is 6.01. The van der Waals surface area contributed by atoms with Gasteiger partial charge in [-0.1, -0.05) is 26.0 Å². The van der Waals surface area contributed by atoms with E-state index >= 15 is 0 Å². The number of aliphatic imine (C=N–C) groups is 1. The number of thiophene rings is 1. The Kier molecular flexibility index (Phi) is 8.55. The lowest BCUT2D eigenvalue weighted by molar-refractivity contribution is 0.414. The molecule has 1 aromatic carbocycles. The van der Waals surface area contributed by atoms with Crippen molar-refractivity contribution >= 4 is 41.3 Å². The van der Waals surface area contributed by atoms with Crippen LogP contribution in [-0.4, -0.2) is 26.7 Å². The highest BCUT2D eigenvalue weighted by Gasteiger charge is 2.21. The molecule has 0 aliphatic rings. The topological polar surface area (TPSA) is 45.7 Å². The number of ether oxygens (including phenoxy) is 1. The first kappa shape index (κ1) is 20.8. The van der Waals surface area contributed by atoms with Crippen molar-refractivity contribution in [3.63, 3.8) is 0 Å². The van der Waals surface area contributed by atoms with Crippen LogP contribution in [-0.2, 0) is 12.0 Å². The number of guanidine groups is 1. The smallest absolute Gasteiger partial charge is 0.191 e. The maximum atomic E-state index is 5.22. The van der Waals surface area contributed by atoms with Crippen LogP contribution in [0.4, 0.5) is 0 Å². The first-order valence-corrected chi connectivity index (χ1v) is 8.59. The predicted molar refractivity (Wildman–Crippen MR) is 114 cm³/mol. The van der Waals surface area contributed by atoms with E-state index < -0.39 is 0 Å². The maximum absolute atomic E-state index is 5.22. The quantitative estimate of drug-likeness (QED) is 0.390. The van der Waals surface area contributed by atoms with E-state index in [1.54, 1.807) is 25.5 Å². The van der Waals surface area contributed by atoms with Crippen molar-refractivity contribution in [1.82, 2.24) is 10.6 Å². The van der Waals surface area contributed by atoms with E-state index in [0.29, 0.717) is 0 Å². The van der Waals surface area contributed by atoms with Crippen LogP contribution >= 0.6 is 35.3 Å². The minimum Gasteiger partial charge on any atom is -0.497 e. The molecule has 4 nitrogen and oxygen atoms in total. The van der Waals surface area contributed by atoms with Crippen molar-refractivity contribution in [1.29, 1.82) is 0 Å². The van der Waals surface area contributed by atoms with E-state index in [1.807, 2.05) is 12.1 Å². The molecule has 0 amide bonds. The Balaban J connectivity index is 0.00000288. The fourth-order valence-electron chi connectivity index (χ4n) is 2.25. The second-order valence-corrected chi connectivity index (χ2v) is 6.80. The SMILES string of the molecule is CN=C(NCc1ccsc1)NCC(C)(C)c1ccc(OC)cc1.I. The third-order valence-corrected chi connectivity index (χ3v) is 4.56. The van der Waals surface area contributed by atoms with Crippen LogP contribution in [0.1, 0.15) is 25.0 Å². The summed E-state index contributed by atoms with van der Waals surface area (Å²) in [5.74, 6) is 1.70. The van der Waals surface area contributed by atoms with E-state index in [-0.39, 0.29) is 29.4 Å². The van der Waals surface area contributed by atoms with Gasteiger partial charge < -0.3 is 15.4 Å². The van der Waals surface area contributed by atoms with Crippen LogP contribution in [0.2, 0.25) is 0 Å². The largest absolute Gasteiger partial charge is 0.497 e. The Labute approximate surface area is 165 Å². The van der Waals surface area contributed by atoms with Gasteiger partial charge in [-0.05, 0) is 40.1 Å². The molecule has 0 fully saturated rings. The van der Waals surface area contributed by atoms with Crippen molar-refractivity contribution in [2.24, 2.45) is 4.99 Å². The zero-order valence-electron chi connectivity index (χ0n) is 14.6. The minimum atomic E-state index is -0.00767. The summed E-state index contributed by atoms with van der Waals surface area (Å²) in [5.41, 5.74) is 2.53. The van der Waals surface area contributed by atoms with Crippen molar-refractivity contribution < 1.29 is 4.74 Å². The molecule has 2 rings (SSSR count). The molecule has 1 heterocycles. The van der Waals surface area contributed by atoms with Gasteiger partial charge in [-0.2, -0.15) is 11.3 Å². The van der Waals surface area contributed by atoms with E-state index in [9.17, 15) is 0 Å². The molecule has 2 N–H and O–H groups in total. The molecule has 0 saturated heterocycles. The lowest BCUT2D eigenvalue weighted by atomic mass is 9.84. The summed E-state index contributed by atoms with van der Waals surface area (Å²) in [5, 5.41) is 11.0. The van der Waals surface area contributed by atoms with E-state index in [0.717, 1.165) is 24.8 Å². The molecule has 0 aliphatic carbocycles. The molecule has 2 aromatic rings. The second-order valence-electron chi connectivity index (χ2n) is 6.02. The van der Waals surface area contributed by atoms with Crippen LogP contribution in [0.15, 0.2) is 46.1 Å². The van der Waals surface area contributed by atoms with Gasteiger partial charge in [0.15, 0.2) is 5.96 Å². The molecule has 0 spiro atoms. The van der Waals surface area contributed by atoms with Crippen molar-refractivity contribution in [2.45, 2.75) is 25.8 Å². The summed E-state index contributed by atoms with van der Waals surface area (Å²) in [6.07, 6.45) is 0. The number of halogens is 1. The molecule has 0 unspecified atom stereocenters. The lowest BCUT2D eigenvalue weighted by Crippen LogP contribution is -2.43. The van der Waals surface area contributed by atoms with Crippen LogP contribution in [0.3, 0.4) is 0 Å². The predicted octanol–water partition coefficient (Wildman–Crippen LogP) is 4.02. The lowest BCUT2D eigenvalue weighted by Gasteiger charge is -2.27. The zero-order valence-corrected chi connectivity index (χ0v) is 17.8. The first-order valence-electron chi connectivity index (χ1n) is 7.65. The highest BCUT2D eigenvalue weighted by molar-refractivity contribution is 14.0. The number of benzene rings is 1. The highest BCUT2D eigenvalue weighted by Crippen LogP contribution is 2.24. The average molecular weight is 459 g/mol. The van der Waals surface area contributed by atoms with Crippen LogP contribution in [0.5, 0.6) is 5.75 Å². The summed E-state index contributed by atoms with van der Waals surface area (Å²) >= 11 is 1.71. The molecule has 0 aliphatic heterocycles. The zero-order chi connectivity index (χ0) is 16.7. The number of hydrogen-bond donors (Lipinski definition) is 2. The van der Waals surface area contributed by atoms with Crippen molar-refractivity contribution in [3.8, 4) is 5.75 Å². The van der Waals surface area contributed by atoms with Crippen LogP contribution < -0.4 is 15.4 Å². The fraction of sp³-hybridized carbons (Fsp3) is 0.389. The third kappa shape index (κ3) is 5.98. The molecule has 1 aromatic heterocycles. The Morgan fingerprint density at radius 2 is 1.88 bits per heavy atom. The second kappa shape index (κ2) is 9.88. The number of rotatable bonds is 6. The normalized spacial score (nSPS) is 11.6. The maximum Gasteiger partial charge on any atom is 0.191 e. The molecule has 0 atom stereocenters. The van der Waals surface area contributed by atoms with Crippen molar-refractivity contribution in [3.05, 3.63) is 52.2 Å². The number of nitrogens with one attached hydrogen (secondary N) is 2. The Morgan fingerprint density at radius 1 is 1.17 bits per heavy atom. The van der Waals surface area contributed by atoms with Gasteiger partial charge in [0.2, 0.25) is 0 Å². The van der Waals surface area contributed by atoms with Gasteiger partial charge in [-0.25, -0.2) is 0 Å². The minimum absolute atomic E-state index is 0. The molecule has 24 heavy (non-hydrogen) atoms. The van der Waals surface area contributed by atoms with Crippen LogP contribution in [0.25, 0.3) is 0 Å². The molecular formula is C18H26IN3OS. The summed E-state index contributed by atoms with van der Waals surface area (Å²) in [4.78, 5) is 4.29. The molecule has 0 bridgehead atoms. The Morgan fingerprint density at radius 3 is 2.42 bits per heavy atom. The molecule has 132 valence electrons. The molecule has 6 heteroatoms. The average Bonchev–Trinajstić information content (AvgIpc) is 3.08. The standard InChI is InChI=1S/C18H25N3OS.HI/c1-18(2,15-5-7-16(22-4)8-6-15)13-21-17(19-3)20-11-14-9-10-23-12-14;/h5-10,12H,11,13H2,1-4H3,(H2,19,20,21);1H. The van der Waals surface area contributed by atoms with Gasteiger partial charge in [0.05, 0.1) is 7.11 Å². The Hall–Kier alpha value is -1.28. The van der Waals surface area contributed by atoms with Crippen LogP contribution in [0, 0.1) is 0 Å². The third-order valence-electron chi connectivity index (χ3n) is 3.83. The van der Waals surface area contributed by atoms with E-state index in [1.165, 1.54) is 11.1 Å². The number of hydrogen-bond acceptors (Lipinski definition) is 3. The molecule has 0 saturated carbocycles. The number of methoxy groups -OCH3 is 1. The molecular weight excluding hydrogens is 433 g/mol. The van der Waals surface area contributed by atoms with Gasteiger partial charge in [0.25, 0.3) is 0 Å². The van der Waals surface area contributed by atoms with Gasteiger partial charge in [-0.15, -0.1) is 24.0 Å². The van der Waals surface area contributed by atoms with Gasteiger partial charge in [0.1, 0.15) is 5.75 Å².